The molecule has 1 aliphatic rings. The zero-order valence-corrected chi connectivity index (χ0v) is 25.2. The van der Waals surface area contributed by atoms with Gasteiger partial charge < -0.3 is 15.2 Å². The van der Waals surface area contributed by atoms with Crippen molar-refractivity contribution in [2.24, 2.45) is 23.2 Å². The minimum Gasteiger partial charge on any atom is -0.496 e. The molecule has 1 saturated carbocycles. The molecule has 40 heavy (non-hydrogen) atoms. The van der Waals surface area contributed by atoms with Gasteiger partial charge in [-0.15, -0.1) is 0 Å². The van der Waals surface area contributed by atoms with Gasteiger partial charge in [-0.05, 0) is 96.6 Å². The van der Waals surface area contributed by atoms with Crippen LogP contribution in [-0.4, -0.2) is 35.6 Å². The topological polar surface area (TPSA) is 88.5 Å². The first kappa shape index (κ1) is 31.1. The summed E-state index contributed by atoms with van der Waals surface area (Å²) in [7, 11) is 1.73. The number of pyridine rings is 1. The number of carbonyl (C=O) groups excluding carboxylic acids is 1. The van der Waals surface area contributed by atoms with Gasteiger partial charge in [-0.2, -0.15) is 0 Å². The van der Waals surface area contributed by atoms with E-state index >= 15 is 0 Å². The molecule has 1 heterocycles. The van der Waals surface area contributed by atoms with E-state index in [2.05, 4.69) is 70.0 Å². The number of nitrogens with one attached hydrogen (secondary N) is 1. The third-order valence-corrected chi connectivity index (χ3v) is 8.07. The van der Waals surface area contributed by atoms with Crippen LogP contribution >= 0.6 is 0 Å². The van der Waals surface area contributed by atoms with Crippen LogP contribution in [0.5, 0.6) is 5.75 Å². The summed E-state index contributed by atoms with van der Waals surface area (Å²) in [6.45, 7) is 13.7. The minimum atomic E-state index is -0.904. The van der Waals surface area contributed by atoms with Crippen LogP contribution in [-0.2, 0) is 4.79 Å². The number of nitrogens with zero attached hydrogens (tertiary/aromatic N) is 1. The van der Waals surface area contributed by atoms with Crippen molar-refractivity contribution in [1.82, 2.24) is 10.3 Å². The van der Waals surface area contributed by atoms with Gasteiger partial charge in [-0.3, -0.25) is 9.78 Å². The molecule has 0 spiro atoms. The van der Waals surface area contributed by atoms with Gasteiger partial charge in [0.05, 0.1) is 12.7 Å². The number of hydrogen-bond donors (Lipinski definition) is 2. The van der Waals surface area contributed by atoms with Gasteiger partial charge in [-0.1, -0.05) is 52.8 Å². The van der Waals surface area contributed by atoms with Crippen molar-refractivity contribution in [1.29, 1.82) is 0 Å². The highest BCUT2D eigenvalue weighted by Crippen LogP contribution is 2.37. The molecule has 6 nitrogen and oxygen atoms in total. The van der Waals surface area contributed by atoms with Gasteiger partial charge in [0.25, 0.3) is 0 Å². The van der Waals surface area contributed by atoms with Crippen LogP contribution in [0.1, 0.15) is 87.7 Å². The summed E-state index contributed by atoms with van der Waals surface area (Å²) in [5.41, 5.74) is 2.95. The Morgan fingerprint density at radius 1 is 1.02 bits per heavy atom. The van der Waals surface area contributed by atoms with Gasteiger partial charge in [-0.25, -0.2) is 4.79 Å². The van der Waals surface area contributed by atoms with E-state index in [1.165, 1.54) is 36.8 Å². The lowest BCUT2D eigenvalue weighted by molar-refractivity contribution is -0.130. The number of methoxy groups -OCH3 is 1. The second-order valence-electron chi connectivity index (χ2n) is 12.5. The number of amides is 1. The van der Waals surface area contributed by atoms with Crippen LogP contribution in [0.4, 0.5) is 0 Å². The van der Waals surface area contributed by atoms with E-state index in [-0.39, 0.29) is 17.2 Å². The zero-order chi connectivity index (χ0) is 29.4. The molecule has 1 unspecified atom stereocenters. The third-order valence-electron chi connectivity index (χ3n) is 8.07. The van der Waals surface area contributed by atoms with Crippen LogP contribution in [0.15, 0.2) is 54.9 Å². The summed E-state index contributed by atoms with van der Waals surface area (Å²) in [6, 6.07) is 13.4. The Kier molecular flexibility index (Phi) is 10.7. The van der Waals surface area contributed by atoms with Gasteiger partial charge in [0.1, 0.15) is 5.75 Å². The number of hydrogen-bond acceptors (Lipinski definition) is 4. The molecule has 1 aliphatic carbocycles. The van der Waals surface area contributed by atoms with E-state index in [1.54, 1.807) is 43.8 Å². The Morgan fingerprint density at radius 2 is 1.73 bits per heavy atom. The maximum Gasteiger partial charge on any atom is 0.335 e. The lowest BCUT2D eigenvalue weighted by atomic mass is 9.73. The predicted molar refractivity (Wildman–Crippen MR) is 162 cm³/mol. The van der Waals surface area contributed by atoms with Gasteiger partial charge >= 0.3 is 5.97 Å². The first-order valence-corrected chi connectivity index (χ1v) is 14.4. The highest BCUT2D eigenvalue weighted by molar-refractivity contribution is 5.94. The maximum absolute atomic E-state index is 12.7. The van der Waals surface area contributed by atoms with Crippen molar-refractivity contribution in [3.8, 4) is 5.75 Å². The summed E-state index contributed by atoms with van der Waals surface area (Å²) in [4.78, 5) is 27.3. The standard InChI is InChI=1S/C24H39NO2.C10H7NO2/c1-16(2)22(24(4,5)6)23(26)25-15-18-8-10-19(11-9-18)20-12-13-21(27-7)17(3)14-20;12-10(13)8-1-2-9-6-11-4-3-7(9)5-8/h12-14,16,18-19,22H,8-11,15H2,1-7H3,(H,25,26);1-6H,(H,12,13). The van der Waals surface area contributed by atoms with Gasteiger partial charge in [0.15, 0.2) is 0 Å². The second-order valence-corrected chi connectivity index (χ2v) is 12.5. The van der Waals surface area contributed by atoms with Crippen molar-refractivity contribution >= 4 is 22.6 Å². The number of benzene rings is 2. The Balaban J connectivity index is 0.000000281. The van der Waals surface area contributed by atoms with E-state index in [9.17, 15) is 9.59 Å². The summed E-state index contributed by atoms with van der Waals surface area (Å²) in [5.74, 6) is 1.96. The molecule has 0 aliphatic heterocycles. The largest absolute Gasteiger partial charge is 0.496 e. The number of rotatable bonds is 7. The van der Waals surface area contributed by atoms with Crippen LogP contribution in [0.2, 0.25) is 0 Å². The first-order valence-electron chi connectivity index (χ1n) is 14.4. The van der Waals surface area contributed by atoms with Gasteiger partial charge in [0.2, 0.25) is 5.91 Å². The molecular weight excluding hydrogens is 500 g/mol. The molecule has 4 rings (SSSR count). The summed E-state index contributed by atoms with van der Waals surface area (Å²) < 4.78 is 5.38. The summed E-state index contributed by atoms with van der Waals surface area (Å²) in [6.07, 6.45) is 8.16. The van der Waals surface area contributed by atoms with E-state index in [4.69, 9.17) is 9.84 Å². The average Bonchev–Trinajstić information content (AvgIpc) is 2.91. The smallest absolute Gasteiger partial charge is 0.335 e. The second kappa shape index (κ2) is 13.8. The lowest BCUT2D eigenvalue weighted by Crippen LogP contribution is -2.42. The molecule has 0 radical (unpaired) electrons. The molecule has 216 valence electrons. The van der Waals surface area contributed by atoms with Crippen molar-refractivity contribution in [3.05, 3.63) is 71.5 Å². The Hall–Kier alpha value is -3.41. The molecule has 1 fully saturated rings. The molecule has 1 aromatic heterocycles. The normalized spacial score (nSPS) is 18.0. The average molecular weight is 547 g/mol. The fourth-order valence-corrected chi connectivity index (χ4v) is 6.12. The van der Waals surface area contributed by atoms with E-state index < -0.39 is 5.97 Å². The van der Waals surface area contributed by atoms with Crippen LogP contribution < -0.4 is 10.1 Å². The highest BCUT2D eigenvalue weighted by Gasteiger charge is 2.34. The zero-order valence-electron chi connectivity index (χ0n) is 25.2. The monoisotopic (exact) mass is 546 g/mol. The first-order chi connectivity index (χ1) is 18.9. The number of ether oxygens (including phenoxy) is 1. The molecular formula is C34H46N2O4. The van der Waals surface area contributed by atoms with Crippen molar-refractivity contribution in [3.63, 3.8) is 0 Å². The van der Waals surface area contributed by atoms with Crippen molar-refractivity contribution in [2.45, 2.75) is 73.1 Å². The number of aromatic carboxylic acids is 1. The molecule has 0 saturated heterocycles. The quantitative estimate of drug-likeness (QED) is 0.318. The predicted octanol–water partition coefficient (Wildman–Crippen LogP) is 7.64. The SMILES string of the molecule is COc1ccc(C2CCC(CNC(=O)C(C(C)C)C(C)(C)C)CC2)cc1C.O=C(O)c1ccc2cnccc2c1. The van der Waals surface area contributed by atoms with E-state index in [0.717, 1.165) is 23.1 Å². The molecule has 3 aromatic rings. The van der Waals surface area contributed by atoms with Crippen LogP contribution in [0, 0.1) is 30.1 Å². The molecule has 1 amide bonds. The molecule has 6 heteroatoms. The summed E-state index contributed by atoms with van der Waals surface area (Å²) in [5, 5.41) is 13.8. The van der Waals surface area contributed by atoms with E-state index in [1.807, 2.05) is 0 Å². The highest BCUT2D eigenvalue weighted by atomic mass is 16.5. The fraction of sp³-hybridized carbons (Fsp3) is 0.500. The molecule has 0 bridgehead atoms. The number of carboxylic acids is 1. The Bertz CT molecular complexity index is 1290. The van der Waals surface area contributed by atoms with E-state index in [0.29, 0.717) is 23.3 Å². The fourth-order valence-electron chi connectivity index (χ4n) is 6.12. The van der Waals surface area contributed by atoms with Crippen LogP contribution in [0.25, 0.3) is 10.8 Å². The van der Waals surface area contributed by atoms with Gasteiger partial charge in [0, 0.05) is 30.2 Å². The maximum atomic E-state index is 12.7. The number of aryl methyl sites for hydroxylation is 1. The van der Waals surface area contributed by atoms with Crippen molar-refractivity contribution in [2.75, 3.05) is 13.7 Å². The third kappa shape index (κ3) is 8.30. The van der Waals surface area contributed by atoms with Crippen LogP contribution in [0.3, 0.4) is 0 Å². The Labute approximate surface area is 239 Å². The summed E-state index contributed by atoms with van der Waals surface area (Å²) >= 11 is 0. The number of carboxylic acid groups (broad SMARTS) is 1. The lowest BCUT2D eigenvalue weighted by Gasteiger charge is -2.34. The number of fused-ring (bicyclic) bond motifs is 1. The van der Waals surface area contributed by atoms with Crippen molar-refractivity contribution < 1.29 is 19.4 Å². The number of carbonyl (C=O) groups is 2. The number of aromatic nitrogens is 1. The molecule has 2 N–H and O–H groups in total. The molecule has 1 atom stereocenters. The molecule has 2 aromatic carbocycles. The minimum absolute atomic E-state index is 0.00212. The Morgan fingerprint density at radius 3 is 2.30 bits per heavy atom.